The van der Waals surface area contributed by atoms with Crippen molar-refractivity contribution in [3.63, 3.8) is 0 Å². The minimum Gasteiger partial charge on any atom is -0.491 e. The minimum absolute atomic E-state index is 0.0145. The molecular weight excluding hydrogens is 256 g/mol. The molecule has 110 valence electrons. The first-order valence-corrected chi connectivity index (χ1v) is 7.01. The Hall–Kier alpha value is -1.59. The van der Waals surface area contributed by atoms with Gasteiger partial charge in [0.25, 0.3) is 0 Å². The second-order valence-corrected chi connectivity index (χ2v) is 5.25. The Morgan fingerprint density at radius 3 is 3.00 bits per heavy atom. The minimum atomic E-state index is -0.635. The molecule has 2 rings (SSSR count). The molecule has 1 amide bonds. The highest BCUT2D eigenvalue weighted by Crippen LogP contribution is 2.18. The average Bonchev–Trinajstić information content (AvgIpc) is 3.20. The molecule has 0 saturated heterocycles. The van der Waals surface area contributed by atoms with Gasteiger partial charge in [-0.1, -0.05) is 12.1 Å². The highest BCUT2D eigenvalue weighted by molar-refractivity contribution is 5.78. The number of hydrogen-bond donors (Lipinski definition) is 3. The smallest absolute Gasteiger partial charge is 0.234 e. The predicted octanol–water partition coefficient (Wildman–Crippen LogP) is 0.603. The summed E-state index contributed by atoms with van der Waals surface area (Å²) in [5.74, 6) is 0.731. The summed E-state index contributed by atoms with van der Waals surface area (Å²) in [4.78, 5) is 11.4. The molecule has 3 N–H and O–H groups in total. The van der Waals surface area contributed by atoms with E-state index in [1.54, 1.807) is 0 Å². The van der Waals surface area contributed by atoms with Crippen molar-refractivity contribution in [2.45, 2.75) is 31.9 Å². The van der Waals surface area contributed by atoms with Crippen LogP contribution in [0.2, 0.25) is 0 Å². The molecule has 0 aromatic heterocycles. The second kappa shape index (κ2) is 7.26. The summed E-state index contributed by atoms with van der Waals surface area (Å²) in [7, 11) is 0. The number of benzene rings is 1. The first-order chi connectivity index (χ1) is 9.63. The highest BCUT2D eigenvalue weighted by atomic mass is 16.5. The maximum Gasteiger partial charge on any atom is 0.234 e. The average molecular weight is 278 g/mol. The third-order valence-electron chi connectivity index (χ3n) is 3.04. The van der Waals surface area contributed by atoms with Gasteiger partial charge in [0.1, 0.15) is 18.5 Å². The van der Waals surface area contributed by atoms with Gasteiger partial charge in [0.05, 0.1) is 6.54 Å². The van der Waals surface area contributed by atoms with Crippen molar-refractivity contribution in [2.24, 2.45) is 0 Å². The lowest BCUT2D eigenvalue weighted by molar-refractivity contribution is -0.120. The lowest BCUT2D eigenvalue weighted by atomic mass is 10.2. The largest absolute Gasteiger partial charge is 0.491 e. The standard InChI is InChI=1S/C15H22N2O3/c1-11-3-2-4-14(7-11)20-10-13(18)8-16-9-15(19)17-12-5-6-12/h2-4,7,12-13,16,18H,5-6,8-10H2,1H3,(H,17,19). The molecule has 1 saturated carbocycles. The van der Waals surface area contributed by atoms with Gasteiger partial charge in [0, 0.05) is 12.6 Å². The summed E-state index contributed by atoms with van der Waals surface area (Å²) in [6.45, 7) is 2.77. The van der Waals surface area contributed by atoms with E-state index in [0.717, 1.165) is 24.2 Å². The van der Waals surface area contributed by atoms with Crippen LogP contribution in [0.25, 0.3) is 0 Å². The lowest BCUT2D eigenvalue weighted by Gasteiger charge is -2.13. The van der Waals surface area contributed by atoms with Gasteiger partial charge in [-0.3, -0.25) is 4.79 Å². The second-order valence-electron chi connectivity index (χ2n) is 5.25. The maximum absolute atomic E-state index is 11.4. The normalized spacial score (nSPS) is 15.7. The van der Waals surface area contributed by atoms with Crippen LogP contribution in [0.5, 0.6) is 5.75 Å². The number of hydrogen-bond acceptors (Lipinski definition) is 4. The van der Waals surface area contributed by atoms with Crippen molar-refractivity contribution in [1.29, 1.82) is 0 Å². The van der Waals surface area contributed by atoms with Crippen LogP contribution in [0.15, 0.2) is 24.3 Å². The molecule has 5 heteroatoms. The van der Waals surface area contributed by atoms with E-state index in [1.165, 1.54) is 0 Å². The van der Waals surface area contributed by atoms with E-state index in [2.05, 4.69) is 10.6 Å². The number of aliphatic hydroxyl groups is 1. The number of aliphatic hydroxyl groups excluding tert-OH is 1. The number of carbonyl (C=O) groups excluding carboxylic acids is 1. The van der Waals surface area contributed by atoms with Gasteiger partial charge in [0.15, 0.2) is 0 Å². The van der Waals surface area contributed by atoms with Gasteiger partial charge < -0.3 is 20.5 Å². The molecule has 1 aliphatic carbocycles. The molecule has 0 aliphatic heterocycles. The topological polar surface area (TPSA) is 70.6 Å². The van der Waals surface area contributed by atoms with Crippen LogP contribution in [0.3, 0.4) is 0 Å². The molecule has 1 atom stereocenters. The molecular formula is C15H22N2O3. The third kappa shape index (κ3) is 5.59. The highest BCUT2D eigenvalue weighted by Gasteiger charge is 2.22. The van der Waals surface area contributed by atoms with E-state index < -0.39 is 6.10 Å². The fourth-order valence-electron chi connectivity index (χ4n) is 1.82. The molecule has 0 radical (unpaired) electrons. The Morgan fingerprint density at radius 2 is 2.30 bits per heavy atom. The van der Waals surface area contributed by atoms with E-state index in [0.29, 0.717) is 12.6 Å². The van der Waals surface area contributed by atoms with Crippen LogP contribution in [0, 0.1) is 6.92 Å². The van der Waals surface area contributed by atoms with Crippen molar-refractivity contribution >= 4 is 5.91 Å². The van der Waals surface area contributed by atoms with Gasteiger partial charge >= 0.3 is 0 Å². The van der Waals surface area contributed by atoms with Crippen molar-refractivity contribution in [3.05, 3.63) is 29.8 Å². The number of ether oxygens (including phenoxy) is 1. The lowest BCUT2D eigenvalue weighted by Crippen LogP contribution is -2.39. The molecule has 5 nitrogen and oxygen atoms in total. The molecule has 1 unspecified atom stereocenters. The Labute approximate surface area is 119 Å². The number of carbonyl (C=O) groups is 1. The van der Waals surface area contributed by atoms with Gasteiger partial charge in [0.2, 0.25) is 5.91 Å². The molecule has 1 fully saturated rings. The Balaban J connectivity index is 1.57. The maximum atomic E-state index is 11.4. The van der Waals surface area contributed by atoms with Gasteiger partial charge in [-0.25, -0.2) is 0 Å². The summed E-state index contributed by atoms with van der Waals surface area (Å²) in [5.41, 5.74) is 1.12. The van der Waals surface area contributed by atoms with Gasteiger partial charge in [-0.2, -0.15) is 0 Å². The third-order valence-corrected chi connectivity index (χ3v) is 3.04. The SMILES string of the molecule is Cc1cccc(OCC(O)CNCC(=O)NC2CC2)c1. The van der Waals surface area contributed by atoms with E-state index in [9.17, 15) is 9.90 Å². The molecule has 0 heterocycles. The zero-order chi connectivity index (χ0) is 14.4. The predicted molar refractivity (Wildman–Crippen MR) is 76.7 cm³/mol. The van der Waals surface area contributed by atoms with Crippen molar-refractivity contribution < 1.29 is 14.6 Å². The fraction of sp³-hybridized carbons (Fsp3) is 0.533. The van der Waals surface area contributed by atoms with E-state index in [1.807, 2.05) is 31.2 Å². The van der Waals surface area contributed by atoms with Crippen LogP contribution in [0.4, 0.5) is 0 Å². The van der Waals surface area contributed by atoms with Gasteiger partial charge in [-0.15, -0.1) is 0 Å². The molecule has 0 spiro atoms. The van der Waals surface area contributed by atoms with Crippen molar-refractivity contribution in [3.8, 4) is 5.75 Å². The zero-order valence-electron chi connectivity index (χ0n) is 11.8. The van der Waals surface area contributed by atoms with Crippen LogP contribution >= 0.6 is 0 Å². The van der Waals surface area contributed by atoms with Crippen molar-refractivity contribution in [1.82, 2.24) is 10.6 Å². The summed E-state index contributed by atoms with van der Waals surface area (Å²) in [5, 5.41) is 15.6. The molecule has 20 heavy (non-hydrogen) atoms. The Kier molecular flexibility index (Phi) is 5.38. The van der Waals surface area contributed by atoms with Crippen LogP contribution in [-0.2, 0) is 4.79 Å². The number of rotatable bonds is 8. The van der Waals surface area contributed by atoms with E-state index in [-0.39, 0.29) is 19.1 Å². The fourth-order valence-corrected chi connectivity index (χ4v) is 1.82. The van der Waals surface area contributed by atoms with E-state index >= 15 is 0 Å². The Bertz CT molecular complexity index is 446. The molecule has 1 aromatic carbocycles. The first-order valence-electron chi connectivity index (χ1n) is 7.01. The van der Waals surface area contributed by atoms with Crippen molar-refractivity contribution in [2.75, 3.05) is 19.7 Å². The number of aryl methyl sites for hydroxylation is 1. The summed E-state index contributed by atoms with van der Waals surface area (Å²) < 4.78 is 5.49. The van der Waals surface area contributed by atoms with Crippen LogP contribution in [-0.4, -0.2) is 42.9 Å². The molecule has 1 aliphatic rings. The van der Waals surface area contributed by atoms with Crippen LogP contribution < -0.4 is 15.4 Å². The monoisotopic (exact) mass is 278 g/mol. The zero-order valence-corrected chi connectivity index (χ0v) is 11.8. The summed E-state index contributed by atoms with van der Waals surface area (Å²) >= 11 is 0. The molecule has 0 bridgehead atoms. The summed E-state index contributed by atoms with van der Waals surface area (Å²) in [6.07, 6.45) is 1.53. The first kappa shape index (κ1) is 14.8. The quantitative estimate of drug-likeness (QED) is 0.651. The van der Waals surface area contributed by atoms with E-state index in [4.69, 9.17) is 4.74 Å². The Morgan fingerprint density at radius 1 is 1.50 bits per heavy atom. The number of nitrogens with one attached hydrogen (secondary N) is 2. The molecule has 1 aromatic rings. The number of amides is 1. The summed E-state index contributed by atoms with van der Waals surface area (Å²) in [6, 6.07) is 8.05. The van der Waals surface area contributed by atoms with Gasteiger partial charge in [-0.05, 0) is 37.5 Å². The van der Waals surface area contributed by atoms with Crippen LogP contribution in [0.1, 0.15) is 18.4 Å².